The smallest absolute Gasteiger partial charge is 0.0357 e. The Hall–Kier alpha value is 1.08. The average molecular weight is 180 g/mol. The Labute approximate surface area is 65.8 Å². The van der Waals surface area contributed by atoms with Crippen molar-refractivity contribution in [1.82, 2.24) is 0 Å². The average Bonchev–Trinajstić information content (AvgIpc) is 1.87. The second-order valence-corrected chi connectivity index (χ2v) is 8.91. The minimum atomic E-state index is 0.186. The second-order valence-electron chi connectivity index (χ2n) is 2.57. The van der Waals surface area contributed by atoms with Crippen LogP contribution in [0.15, 0.2) is 0 Å². The zero-order valence-corrected chi connectivity index (χ0v) is 10.2. The first-order chi connectivity index (χ1) is 4.20. The molecule has 0 fully saturated rings. The van der Waals surface area contributed by atoms with Crippen LogP contribution in [0.4, 0.5) is 0 Å². The molecule has 0 aromatic carbocycles. The molecule has 0 aliphatic heterocycles. The molecule has 0 bridgehead atoms. The predicted octanol–water partition coefficient (Wildman–Crippen LogP) is 1.38. The third kappa shape index (κ3) is 5.52. The maximum absolute atomic E-state index is 2.96. The highest BCUT2D eigenvalue weighted by Crippen LogP contribution is 2.11. The lowest BCUT2D eigenvalue weighted by Crippen LogP contribution is -2.18. The molecular formula is C6H18P2Si. The van der Waals surface area contributed by atoms with Crippen LogP contribution in [0.3, 0.4) is 0 Å². The predicted molar refractivity (Wildman–Crippen MR) is 56.1 cm³/mol. The Balaban J connectivity index is 3.22. The van der Waals surface area contributed by atoms with E-state index in [4.69, 9.17) is 0 Å². The maximum Gasteiger partial charge on any atom is 0.0357 e. The van der Waals surface area contributed by atoms with Crippen LogP contribution in [0.1, 0.15) is 26.7 Å². The fourth-order valence-electron chi connectivity index (χ4n) is 0.722. The van der Waals surface area contributed by atoms with E-state index in [0.29, 0.717) is 0 Å². The van der Waals surface area contributed by atoms with Crippen LogP contribution in [0.5, 0.6) is 0 Å². The molecule has 0 nitrogen and oxygen atoms in total. The summed E-state index contributed by atoms with van der Waals surface area (Å²) in [7, 11) is 6.10. The van der Waals surface area contributed by atoms with Crippen molar-refractivity contribution in [1.29, 1.82) is 0 Å². The standard InChI is InChI=1S/C6H18P2Si/c1-3-5(7)9-6(8)4-2/h5-6H,3-4,7-9H2,1-2H3. The van der Waals surface area contributed by atoms with E-state index in [9.17, 15) is 0 Å². The molecule has 4 atom stereocenters. The van der Waals surface area contributed by atoms with Crippen LogP contribution in [0.25, 0.3) is 0 Å². The van der Waals surface area contributed by atoms with Gasteiger partial charge in [-0.25, -0.2) is 0 Å². The molecular weight excluding hydrogens is 162 g/mol. The molecule has 0 aromatic rings. The van der Waals surface area contributed by atoms with Gasteiger partial charge in [0.05, 0.1) is 0 Å². The summed E-state index contributed by atoms with van der Waals surface area (Å²) in [4.78, 5) is 0. The van der Waals surface area contributed by atoms with Gasteiger partial charge in [0.1, 0.15) is 0 Å². The molecule has 56 valence electrons. The maximum atomic E-state index is 2.96. The number of rotatable bonds is 4. The summed E-state index contributed by atoms with van der Waals surface area (Å²) < 4.78 is 0. The molecule has 0 heterocycles. The van der Waals surface area contributed by atoms with Gasteiger partial charge in [-0.2, -0.15) is 0 Å². The first kappa shape index (κ1) is 10.1. The Kier molecular flexibility index (Phi) is 6.53. The zero-order valence-electron chi connectivity index (χ0n) is 6.43. The first-order valence-electron chi connectivity index (χ1n) is 3.71. The van der Waals surface area contributed by atoms with Crippen molar-refractivity contribution in [3.05, 3.63) is 0 Å². The summed E-state index contributed by atoms with van der Waals surface area (Å²) in [5.74, 6) is 0. The molecule has 0 N–H and O–H groups in total. The van der Waals surface area contributed by atoms with Gasteiger partial charge in [0.25, 0.3) is 0 Å². The SMILES string of the molecule is CCC(P)[SiH2]C(P)CC. The van der Waals surface area contributed by atoms with Crippen molar-refractivity contribution in [3.8, 4) is 0 Å². The van der Waals surface area contributed by atoms with Crippen molar-refractivity contribution in [3.63, 3.8) is 0 Å². The van der Waals surface area contributed by atoms with Gasteiger partial charge >= 0.3 is 0 Å². The molecule has 3 heteroatoms. The van der Waals surface area contributed by atoms with Gasteiger partial charge in [0.15, 0.2) is 0 Å². The molecule has 0 aromatic heterocycles. The fourth-order valence-corrected chi connectivity index (χ4v) is 5.21. The van der Waals surface area contributed by atoms with Crippen molar-refractivity contribution in [2.45, 2.75) is 37.3 Å². The Morgan fingerprint density at radius 2 is 1.44 bits per heavy atom. The van der Waals surface area contributed by atoms with Crippen LogP contribution >= 0.6 is 18.5 Å². The summed E-state index contributed by atoms with van der Waals surface area (Å²) in [5, 5.41) is 1.93. The van der Waals surface area contributed by atoms with Crippen molar-refractivity contribution in [2.75, 3.05) is 0 Å². The third-order valence-corrected chi connectivity index (χ3v) is 6.60. The van der Waals surface area contributed by atoms with E-state index in [1.165, 1.54) is 12.8 Å². The monoisotopic (exact) mass is 180 g/mol. The minimum Gasteiger partial charge on any atom is -0.138 e. The minimum absolute atomic E-state index is 0.186. The van der Waals surface area contributed by atoms with Gasteiger partial charge in [-0.1, -0.05) is 26.7 Å². The number of hydrogen-bond donors (Lipinski definition) is 0. The largest absolute Gasteiger partial charge is 0.138 e. The highest BCUT2D eigenvalue weighted by Gasteiger charge is 2.04. The quantitative estimate of drug-likeness (QED) is 0.453. The molecule has 0 spiro atoms. The van der Waals surface area contributed by atoms with E-state index in [1.807, 2.05) is 0 Å². The highest BCUT2D eigenvalue weighted by molar-refractivity contribution is 7.26. The van der Waals surface area contributed by atoms with E-state index < -0.39 is 0 Å². The van der Waals surface area contributed by atoms with Crippen molar-refractivity contribution in [2.24, 2.45) is 0 Å². The van der Waals surface area contributed by atoms with Gasteiger partial charge in [-0.05, 0) is 10.6 Å². The lowest BCUT2D eigenvalue weighted by molar-refractivity contribution is 0.984. The van der Waals surface area contributed by atoms with E-state index in [0.717, 1.165) is 10.6 Å². The van der Waals surface area contributed by atoms with Crippen LogP contribution in [-0.4, -0.2) is 20.1 Å². The molecule has 0 saturated carbocycles. The molecule has 9 heavy (non-hydrogen) atoms. The fraction of sp³-hybridized carbons (Fsp3) is 1.00. The molecule has 4 unspecified atom stereocenters. The van der Waals surface area contributed by atoms with Crippen LogP contribution in [0, 0.1) is 0 Å². The molecule has 0 rings (SSSR count). The van der Waals surface area contributed by atoms with Gasteiger partial charge in [0, 0.05) is 9.52 Å². The first-order valence-corrected chi connectivity index (χ1v) is 6.68. The van der Waals surface area contributed by atoms with Crippen molar-refractivity contribution < 1.29 is 0 Å². The summed E-state index contributed by atoms with van der Waals surface area (Å²) in [5.41, 5.74) is 0. The van der Waals surface area contributed by atoms with Crippen LogP contribution < -0.4 is 0 Å². The van der Waals surface area contributed by atoms with E-state index in [1.54, 1.807) is 0 Å². The zero-order chi connectivity index (χ0) is 7.28. The van der Waals surface area contributed by atoms with Crippen molar-refractivity contribution >= 4 is 28.0 Å². The van der Waals surface area contributed by atoms with Crippen LogP contribution in [0.2, 0.25) is 0 Å². The molecule has 0 radical (unpaired) electrons. The van der Waals surface area contributed by atoms with E-state index >= 15 is 0 Å². The molecule has 0 aliphatic rings. The van der Waals surface area contributed by atoms with E-state index in [2.05, 4.69) is 32.3 Å². The van der Waals surface area contributed by atoms with Crippen LogP contribution in [-0.2, 0) is 0 Å². The lowest BCUT2D eigenvalue weighted by atomic mass is 10.6. The van der Waals surface area contributed by atoms with E-state index in [-0.39, 0.29) is 9.52 Å². The van der Waals surface area contributed by atoms with Gasteiger partial charge in [-0.15, -0.1) is 18.5 Å². The number of hydrogen-bond acceptors (Lipinski definition) is 0. The topological polar surface area (TPSA) is 0 Å². The summed E-state index contributed by atoms with van der Waals surface area (Å²) in [6.45, 7) is 4.55. The molecule has 0 amide bonds. The third-order valence-electron chi connectivity index (χ3n) is 1.65. The summed E-state index contributed by atoms with van der Waals surface area (Å²) in [6.07, 6.45) is 2.70. The normalized spacial score (nSPS) is 18.7. The lowest BCUT2D eigenvalue weighted by Gasteiger charge is -2.11. The Bertz CT molecular complexity index is 60.1. The van der Waals surface area contributed by atoms with Gasteiger partial charge in [0.2, 0.25) is 0 Å². The molecule has 0 aliphatic carbocycles. The Morgan fingerprint density at radius 3 is 1.67 bits per heavy atom. The van der Waals surface area contributed by atoms with Gasteiger partial charge < -0.3 is 0 Å². The van der Waals surface area contributed by atoms with Gasteiger partial charge in [-0.3, -0.25) is 0 Å². The second kappa shape index (κ2) is 5.83. The highest BCUT2D eigenvalue weighted by atomic mass is 31.0. The summed E-state index contributed by atoms with van der Waals surface area (Å²) >= 11 is 0. The molecule has 0 saturated heterocycles. The summed E-state index contributed by atoms with van der Waals surface area (Å²) in [6, 6.07) is 0. The Morgan fingerprint density at radius 1 is 1.11 bits per heavy atom.